The lowest BCUT2D eigenvalue weighted by molar-refractivity contribution is -0.105. The molecular formula is C7H6N2OS. The summed E-state index contributed by atoms with van der Waals surface area (Å²) in [6, 6.07) is 0. The van der Waals surface area contributed by atoms with Crippen molar-refractivity contribution < 1.29 is 4.79 Å². The van der Waals surface area contributed by atoms with Gasteiger partial charge in [-0.15, -0.1) is 0 Å². The molecule has 0 saturated heterocycles. The average Bonchev–Trinajstić information content (AvgIpc) is 2.47. The zero-order valence-electron chi connectivity index (χ0n) is 5.73. The summed E-state index contributed by atoms with van der Waals surface area (Å²) in [6.45, 7) is 0.760. The maximum absolute atomic E-state index is 10.5. The Balaban J connectivity index is 2.29. The number of aldehydes is 1. The van der Waals surface area contributed by atoms with Gasteiger partial charge in [-0.1, -0.05) is 11.8 Å². The summed E-state index contributed by atoms with van der Waals surface area (Å²) < 4.78 is 0. The molecule has 3 nitrogen and oxygen atoms in total. The summed E-state index contributed by atoms with van der Waals surface area (Å²) in [5.41, 5.74) is 0.707. The van der Waals surface area contributed by atoms with Gasteiger partial charge in [0.05, 0.1) is 5.70 Å². The number of thioether (sulfide) groups is 1. The lowest BCUT2D eigenvalue weighted by Gasteiger charge is -2.18. The number of hydrogen-bond acceptors (Lipinski definition) is 4. The van der Waals surface area contributed by atoms with Crippen LogP contribution in [0.15, 0.2) is 28.4 Å². The first-order valence-corrected chi connectivity index (χ1v) is 4.12. The van der Waals surface area contributed by atoms with Gasteiger partial charge in [0.2, 0.25) is 0 Å². The first-order chi connectivity index (χ1) is 5.42. The number of amidine groups is 1. The quantitative estimate of drug-likeness (QED) is 0.544. The molecule has 0 radical (unpaired) electrons. The van der Waals surface area contributed by atoms with Crippen LogP contribution in [-0.2, 0) is 4.79 Å². The molecule has 2 rings (SSSR count). The zero-order chi connectivity index (χ0) is 7.68. The van der Waals surface area contributed by atoms with Gasteiger partial charge in [-0.25, -0.2) is 4.99 Å². The van der Waals surface area contributed by atoms with Gasteiger partial charge in [-0.3, -0.25) is 4.79 Å². The minimum Gasteiger partial charge on any atom is -0.313 e. The summed E-state index contributed by atoms with van der Waals surface area (Å²) in [6.07, 6.45) is 4.54. The molecular weight excluding hydrogens is 160 g/mol. The van der Waals surface area contributed by atoms with E-state index in [0.717, 1.165) is 18.0 Å². The van der Waals surface area contributed by atoms with E-state index in [4.69, 9.17) is 0 Å². The van der Waals surface area contributed by atoms with Gasteiger partial charge < -0.3 is 4.90 Å². The monoisotopic (exact) mass is 166 g/mol. The smallest absolute Gasteiger partial charge is 0.173 e. The maximum atomic E-state index is 10.5. The van der Waals surface area contributed by atoms with Crippen molar-refractivity contribution in [2.45, 2.75) is 0 Å². The lowest BCUT2D eigenvalue weighted by atomic mass is 10.4. The molecule has 2 aliphatic heterocycles. The normalized spacial score (nSPS) is 20.9. The number of nitrogens with zero attached hydrogens (tertiary/aromatic N) is 2. The van der Waals surface area contributed by atoms with Crippen LogP contribution in [0.3, 0.4) is 0 Å². The molecule has 0 aromatic rings. The van der Waals surface area contributed by atoms with Crippen LogP contribution >= 0.6 is 11.8 Å². The summed E-state index contributed by atoms with van der Waals surface area (Å²) in [4.78, 5) is 16.4. The summed E-state index contributed by atoms with van der Waals surface area (Å²) in [5.74, 6) is 0. The third-order valence-corrected chi connectivity index (χ3v) is 2.42. The van der Waals surface area contributed by atoms with Gasteiger partial charge in [0.15, 0.2) is 11.5 Å². The Morgan fingerprint density at radius 2 is 2.64 bits per heavy atom. The van der Waals surface area contributed by atoms with Gasteiger partial charge >= 0.3 is 0 Å². The van der Waals surface area contributed by atoms with E-state index in [1.807, 2.05) is 16.4 Å². The highest BCUT2D eigenvalue weighted by Crippen LogP contribution is 2.26. The van der Waals surface area contributed by atoms with Crippen molar-refractivity contribution in [3.63, 3.8) is 0 Å². The molecule has 0 unspecified atom stereocenters. The van der Waals surface area contributed by atoms with Gasteiger partial charge in [0, 0.05) is 18.2 Å². The number of hydrogen-bond donors (Lipinski definition) is 0. The number of fused-ring (bicyclic) bond motifs is 1. The van der Waals surface area contributed by atoms with Crippen LogP contribution in [0, 0.1) is 0 Å². The number of allylic oxidation sites excluding steroid dienone is 1. The third kappa shape index (κ3) is 0.991. The molecule has 0 spiro atoms. The van der Waals surface area contributed by atoms with Gasteiger partial charge in [-0.2, -0.15) is 0 Å². The Labute approximate surface area is 68.5 Å². The molecule has 0 fully saturated rings. The van der Waals surface area contributed by atoms with Crippen molar-refractivity contribution in [3.8, 4) is 0 Å². The van der Waals surface area contributed by atoms with E-state index in [-0.39, 0.29) is 0 Å². The first kappa shape index (κ1) is 6.67. The second-order valence-electron chi connectivity index (χ2n) is 2.19. The van der Waals surface area contributed by atoms with E-state index >= 15 is 0 Å². The van der Waals surface area contributed by atoms with Crippen LogP contribution < -0.4 is 0 Å². The molecule has 0 saturated carbocycles. The highest BCUT2D eigenvalue weighted by atomic mass is 32.2. The lowest BCUT2D eigenvalue weighted by Crippen LogP contribution is -2.26. The fourth-order valence-corrected chi connectivity index (χ4v) is 1.83. The maximum Gasteiger partial charge on any atom is 0.173 e. The fraction of sp³-hybridized carbons (Fsp3) is 0.143. The highest BCUT2D eigenvalue weighted by molar-refractivity contribution is 8.16. The van der Waals surface area contributed by atoms with Crippen molar-refractivity contribution in [1.82, 2.24) is 4.90 Å². The van der Waals surface area contributed by atoms with E-state index in [1.165, 1.54) is 11.8 Å². The molecule has 4 heteroatoms. The minimum absolute atomic E-state index is 0.707. The van der Waals surface area contributed by atoms with E-state index in [1.54, 1.807) is 6.20 Å². The Morgan fingerprint density at radius 1 is 1.73 bits per heavy atom. The van der Waals surface area contributed by atoms with Crippen LogP contribution in [-0.4, -0.2) is 22.9 Å². The van der Waals surface area contributed by atoms with Crippen LogP contribution in [0.4, 0.5) is 0 Å². The third-order valence-electron chi connectivity index (χ3n) is 1.53. The van der Waals surface area contributed by atoms with Crippen LogP contribution in [0.25, 0.3) is 0 Å². The van der Waals surface area contributed by atoms with E-state index in [9.17, 15) is 4.79 Å². The Morgan fingerprint density at radius 3 is 3.45 bits per heavy atom. The largest absolute Gasteiger partial charge is 0.313 e. The van der Waals surface area contributed by atoms with Crippen molar-refractivity contribution >= 4 is 23.2 Å². The summed E-state index contributed by atoms with van der Waals surface area (Å²) in [7, 11) is 0. The van der Waals surface area contributed by atoms with Gasteiger partial charge in [-0.05, 0) is 6.08 Å². The van der Waals surface area contributed by atoms with Crippen LogP contribution in [0.1, 0.15) is 0 Å². The Hall–Kier alpha value is -1.03. The molecule has 0 aromatic carbocycles. The zero-order valence-corrected chi connectivity index (χ0v) is 6.54. The molecule has 2 heterocycles. The molecule has 0 aromatic heterocycles. The Bertz CT molecular complexity index is 280. The predicted molar refractivity (Wildman–Crippen MR) is 45.0 cm³/mol. The molecule has 0 atom stereocenters. The van der Waals surface area contributed by atoms with E-state index in [2.05, 4.69) is 4.99 Å². The number of carbonyl (C=O) groups excluding carboxylic acids is 1. The molecule has 11 heavy (non-hydrogen) atoms. The van der Waals surface area contributed by atoms with Crippen molar-refractivity contribution in [1.29, 1.82) is 0 Å². The standard InChI is InChI=1S/C7H6N2OS/c10-4-6-5-11-7-8-2-1-3-9(6)7/h1-2,4-5H,3H2. The summed E-state index contributed by atoms with van der Waals surface area (Å²) >= 11 is 1.49. The second-order valence-corrected chi connectivity index (χ2v) is 3.02. The van der Waals surface area contributed by atoms with Crippen LogP contribution in [0.2, 0.25) is 0 Å². The average molecular weight is 166 g/mol. The molecule has 0 N–H and O–H groups in total. The topological polar surface area (TPSA) is 32.7 Å². The second kappa shape index (κ2) is 2.54. The SMILES string of the molecule is O=CC1=CSC2=NC=CCN12. The molecule has 56 valence electrons. The highest BCUT2D eigenvalue weighted by Gasteiger charge is 2.21. The minimum atomic E-state index is 0.707. The molecule has 0 aliphatic carbocycles. The van der Waals surface area contributed by atoms with Gasteiger partial charge in [0.1, 0.15) is 0 Å². The van der Waals surface area contributed by atoms with Crippen molar-refractivity contribution in [2.75, 3.05) is 6.54 Å². The van der Waals surface area contributed by atoms with Crippen molar-refractivity contribution in [3.05, 3.63) is 23.4 Å². The van der Waals surface area contributed by atoms with E-state index in [0.29, 0.717) is 5.70 Å². The fourth-order valence-electron chi connectivity index (χ4n) is 0.995. The van der Waals surface area contributed by atoms with Gasteiger partial charge in [0.25, 0.3) is 0 Å². The van der Waals surface area contributed by atoms with Crippen LogP contribution in [0.5, 0.6) is 0 Å². The molecule has 0 amide bonds. The number of aliphatic imine (C=N–C) groups is 1. The van der Waals surface area contributed by atoms with E-state index < -0.39 is 0 Å². The van der Waals surface area contributed by atoms with Crippen molar-refractivity contribution in [2.24, 2.45) is 4.99 Å². The summed E-state index contributed by atoms with van der Waals surface area (Å²) in [5, 5.41) is 2.72. The molecule has 0 bridgehead atoms. The predicted octanol–water partition coefficient (Wildman–Crippen LogP) is 0.959. The Kier molecular flexibility index (Phi) is 1.54. The number of rotatable bonds is 1. The number of carbonyl (C=O) groups is 1. The first-order valence-electron chi connectivity index (χ1n) is 3.24. The molecule has 2 aliphatic rings.